The van der Waals surface area contributed by atoms with Crippen molar-refractivity contribution in [3.05, 3.63) is 35.4 Å². The van der Waals surface area contributed by atoms with Gasteiger partial charge in [-0.2, -0.15) is 0 Å². The van der Waals surface area contributed by atoms with Crippen molar-refractivity contribution in [3.63, 3.8) is 0 Å². The number of benzene rings is 1. The van der Waals surface area contributed by atoms with Crippen LogP contribution in [0.25, 0.3) is 0 Å². The second-order valence-corrected chi connectivity index (χ2v) is 5.57. The maximum Gasteiger partial charge on any atom is 0.0950 e. The number of aryl methyl sites for hydroxylation is 1. The quantitative estimate of drug-likeness (QED) is 0.881. The lowest BCUT2D eigenvalue weighted by atomic mass is 10.0. The predicted molar refractivity (Wildman–Crippen MR) is 75.8 cm³/mol. The molecule has 100 valence electrons. The highest BCUT2D eigenvalue weighted by Crippen LogP contribution is 2.22. The normalized spacial score (nSPS) is 24.4. The lowest BCUT2D eigenvalue weighted by Gasteiger charge is -2.32. The highest BCUT2D eigenvalue weighted by molar-refractivity contribution is 5.25. The third-order valence-corrected chi connectivity index (χ3v) is 3.74. The van der Waals surface area contributed by atoms with Crippen molar-refractivity contribution < 1.29 is 4.74 Å². The molecule has 1 fully saturated rings. The van der Waals surface area contributed by atoms with Gasteiger partial charge in [0.05, 0.1) is 12.7 Å². The van der Waals surface area contributed by atoms with Crippen LogP contribution in [0.5, 0.6) is 0 Å². The molecule has 2 rings (SSSR count). The molecule has 1 aliphatic heterocycles. The average molecular weight is 247 g/mol. The summed E-state index contributed by atoms with van der Waals surface area (Å²) in [7, 11) is 0. The van der Waals surface area contributed by atoms with Gasteiger partial charge in [0, 0.05) is 12.6 Å². The number of nitrogens with one attached hydrogen (secondary N) is 1. The van der Waals surface area contributed by atoms with Crippen molar-refractivity contribution in [2.75, 3.05) is 13.2 Å². The first kappa shape index (κ1) is 13.6. The van der Waals surface area contributed by atoms with E-state index in [0.29, 0.717) is 12.0 Å². The van der Waals surface area contributed by atoms with Crippen molar-refractivity contribution in [2.45, 2.75) is 45.8 Å². The molecule has 0 radical (unpaired) electrons. The molecule has 0 aliphatic carbocycles. The average Bonchev–Trinajstić information content (AvgIpc) is 2.40. The van der Waals surface area contributed by atoms with Crippen molar-refractivity contribution in [1.82, 2.24) is 5.32 Å². The fourth-order valence-electron chi connectivity index (χ4n) is 2.43. The molecular formula is C16H25NO. The second-order valence-electron chi connectivity index (χ2n) is 5.57. The molecule has 0 aromatic heterocycles. The summed E-state index contributed by atoms with van der Waals surface area (Å²) in [4.78, 5) is 0. The van der Waals surface area contributed by atoms with Crippen LogP contribution in [-0.2, 0) is 11.2 Å². The van der Waals surface area contributed by atoms with Gasteiger partial charge in [-0.1, -0.05) is 51.5 Å². The van der Waals surface area contributed by atoms with Gasteiger partial charge in [0.2, 0.25) is 0 Å². The molecular weight excluding hydrogens is 222 g/mol. The Kier molecular flexibility index (Phi) is 4.79. The van der Waals surface area contributed by atoms with Gasteiger partial charge in [0.25, 0.3) is 0 Å². The molecule has 1 aromatic carbocycles. The Morgan fingerprint density at radius 1 is 1.28 bits per heavy atom. The summed E-state index contributed by atoms with van der Waals surface area (Å²) in [6, 6.07) is 9.40. The third kappa shape index (κ3) is 3.33. The van der Waals surface area contributed by atoms with Crippen LogP contribution in [0.1, 0.15) is 44.4 Å². The zero-order valence-electron chi connectivity index (χ0n) is 11.8. The maximum atomic E-state index is 5.98. The fourth-order valence-corrected chi connectivity index (χ4v) is 2.43. The maximum absolute atomic E-state index is 5.98. The zero-order chi connectivity index (χ0) is 13.0. The molecule has 1 aromatic rings. The summed E-state index contributed by atoms with van der Waals surface area (Å²) < 4.78 is 5.98. The van der Waals surface area contributed by atoms with E-state index < -0.39 is 0 Å². The van der Waals surface area contributed by atoms with Gasteiger partial charge >= 0.3 is 0 Å². The van der Waals surface area contributed by atoms with E-state index in [4.69, 9.17) is 4.74 Å². The van der Waals surface area contributed by atoms with Crippen molar-refractivity contribution >= 4 is 0 Å². The van der Waals surface area contributed by atoms with Gasteiger partial charge in [-0.25, -0.2) is 0 Å². The van der Waals surface area contributed by atoms with Crippen molar-refractivity contribution in [1.29, 1.82) is 0 Å². The second kappa shape index (κ2) is 6.35. The number of rotatable bonds is 4. The van der Waals surface area contributed by atoms with Crippen LogP contribution in [0.4, 0.5) is 0 Å². The smallest absolute Gasteiger partial charge is 0.0950 e. The van der Waals surface area contributed by atoms with Crippen LogP contribution in [0.2, 0.25) is 0 Å². The lowest BCUT2D eigenvalue weighted by molar-refractivity contribution is -0.00711. The molecule has 0 bridgehead atoms. The van der Waals surface area contributed by atoms with E-state index in [-0.39, 0.29) is 6.10 Å². The first-order valence-electron chi connectivity index (χ1n) is 7.14. The van der Waals surface area contributed by atoms with Gasteiger partial charge in [-0.15, -0.1) is 0 Å². The number of morpholine rings is 1. The molecule has 0 saturated carbocycles. The Labute approximate surface area is 111 Å². The zero-order valence-corrected chi connectivity index (χ0v) is 11.8. The fraction of sp³-hybridized carbons (Fsp3) is 0.625. The molecule has 1 heterocycles. The van der Waals surface area contributed by atoms with E-state index in [0.717, 1.165) is 13.2 Å². The molecule has 1 aliphatic rings. The molecule has 1 N–H and O–H groups in total. The van der Waals surface area contributed by atoms with Gasteiger partial charge in [-0.3, -0.25) is 0 Å². The monoisotopic (exact) mass is 247 g/mol. The Bertz CT molecular complexity index is 350. The van der Waals surface area contributed by atoms with E-state index >= 15 is 0 Å². The Hall–Kier alpha value is -0.860. The van der Waals surface area contributed by atoms with Crippen molar-refractivity contribution in [2.24, 2.45) is 5.92 Å². The van der Waals surface area contributed by atoms with Crippen LogP contribution in [-0.4, -0.2) is 19.2 Å². The van der Waals surface area contributed by atoms with Crippen LogP contribution < -0.4 is 5.32 Å². The van der Waals surface area contributed by atoms with Crippen LogP contribution in [0, 0.1) is 5.92 Å². The molecule has 2 atom stereocenters. The minimum absolute atomic E-state index is 0.218. The third-order valence-electron chi connectivity index (χ3n) is 3.74. The number of hydrogen-bond acceptors (Lipinski definition) is 2. The van der Waals surface area contributed by atoms with Crippen LogP contribution in [0.3, 0.4) is 0 Å². The van der Waals surface area contributed by atoms with Crippen LogP contribution in [0.15, 0.2) is 24.3 Å². The van der Waals surface area contributed by atoms with E-state index in [9.17, 15) is 0 Å². The van der Waals surface area contributed by atoms with Gasteiger partial charge in [-0.05, 0) is 23.5 Å². The first-order valence-corrected chi connectivity index (χ1v) is 7.14. The van der Waals surface area contributed by atoms with E-state index in [1.807, 2.05) is 0 Å². The summed E-state index contributed by atoms with van der Waals surface area (Å²) in [5, 5.41) is 3.58. The largest absolute Gasteiger partial charge is 0.371 e. The standard InChI is InChI=1S/C16H25NO/c1-4-5-13-6-8-14(9-7-13)16-10-17-15(11-18-16)12(2)3/h6-9,12,15-17H,4-5,10-11H2,1-3H3. The SMILES string of the molecule is CCCc1ccc(C2CNC(C(C)C)CO2)cc1. The van der Waals surface area contributed by atoms with Crippen LogP contribution >= 0.6 is 0 Å². The summed E-state index contributed by atoms with van der Waals surface area (Å²) in [6.45, 7) is 8.44. The topological polar surface area (TPSA) is 21.3 Å². The lowest BCUT2D eigenvalue weighted by Crippen LogP contribution is -2.45. The van der Waals surface area contributed by atoms with Crippen molar-refractivity contribution in [3.8, 4) is 0 Å². The summed E-state index contributed by atoms with van der Waals surface area (Å²) in [6.07, 6.45) is 2.59. The number of ether oxygens (including phenoxy) is 1. The number of hydrogen-bond donors (Lipinski definition) is 1. The minimum Gasteiger partial charge on any atom is -0.371 e. The van der Waals surface area contributed by atoms with E-state index in [1.54, 1.807) is 0 Å². The summed E-state index contributed by atoms with van der Waals surface area (Å²) >= 11 is 0. The van der Waals surface area contributed by atoms with Gasteiger partial charge in [0.1, 0.15) is 0 Å². The molecule has 0 spiro atoms. The Morgan fingerprint density at radius 2 is 2.00 bits per heavy atom. The molecule has 18 heavy (non-hydrogen) atoms. The minimum atomic E-state index is 0.218. The van der Waals surface area contributed by atoms with Gasteiger partial charge in [0.15, 0.2) is 0 Å². The first-order chi connectivity index (χ1) is 8.70. The predicted octanol–water partition coefficient (Wildman–Crippen LogP) is 3.32. The molecule has 0 amide bonds. The molecule has 2 unspecified atom stereocenters. The highest BCUT2D eigenvalue weighted by atomic mass is 16.5. The molecule has 2 heteroatoms. The summed E-state index contributed by atoms with van der Waals surface area (Å²) in [5.74, 6) is 0.637. The summed E-state index contributed by atoms with van der Waals surface area (Å²) in [5.41, 5.74) is 2.72. The Morgan fingerprint density at radius 3 is 2.50 bits per heavy atom. The van der Waals surface area contributed by atoms with E-state index in [2.05, 4.69) is 50.4 Å². The highest BCUT2D eigenvalue weighted by Gasteiger charge is 2.23. The molecule has 2 nitrogen and oxygen atoms in total. The Balaban J connectivity index is 1.93. The molecule has 1 saturated heterocycles. The van der Waals surface area contributed by atoms with Gasteiger partial charge < -0.3 is 10.1 Å². The van der Waals surface area contributed by atoms with E-state index in [1.165, 1.54) is 24.0 Å².